The van der Waals surface area contributed by atoms with Gasteiger partial charge in [0.1, 0.15) is 0 Å². The molecule has 4 nitrogen and oxygen atoms in total. The molecule has 4 aliphatic rings. The molecule has 3 N–H and O–H groups in total. The molecule has 0 radical (unpaired) electrons. The number of rotatable bonds is 2. The second-order valence-electron chi connectivity index (χ2n) is 16.4. The zero-order chi connectivity index (χ0) is 33.5. The fraction of sp³-hybridized carbons (Fsp3) is 0.675. The lowest BCUT2D eigenvalue weighted by Crippen LogP contribution is -2.32. The molecule has 2 aromatic rings. The number of halogens is 3. The zero-order valence-corrected chi connectivity index (χ0v) is 34.0. The Labute approximate surface area is 309 Å². The van der Waals surface area contributed by atoms with E-state index in [0.29, 0.717) is 35.0 Å². The molecule has 47 heavy (non-hydrogen) atoms. The van der Waals surface area contributed by atoms with Crippen LogP contribution in [0.3, 0.4) is 0 Å². The molecule has 4 atom stereocenters. The molecule has 0 saturated carbocycles. The molecule has 6 rings (SSSR count). The van der Waals surface area contributed by atoms with Crippen molar-refractivity contribution in [2.24, 2.45) is 28.4 Å². The van der Waals surface area contributed by atoms with Gasteiger partial charge in [-0.3, -0.25) is 4.79 Å². The first-order valence-corrected chi connectivity index (χ1v) is 19.6. The van der Waals surface area contributed by atoms with Gasteiger partial charge in [-0.2, -0.15) is 0 Å². The van der Waals surface area contributed by atoms with Gasteiger partial charge >= 0.3 is 0 Å². The number of hydrogen-bond donors (Lipinski definition) is 2. The Morgan fingerprint density at radius 2 is 1.38 bits per heavy atom. The highest BCUT2D eigenvalue weighted by molar-refractivity contribution is 9.10. The molecule has 1 amide bonds. The number of carbonyl (C=O) groups is 1. The maximum absolute atomic E-state index is 12.9. The lowest BCUT2D eigenvalue weighted by Gasteiger charge is -2.27. The highest BCUT2D eigenvalue weighted by Gasteiger charge is 2.35. The van der Waals surface area contributed by atoms with Crippen LogP contribution in [0.15, 0.2) is 45.3 Å². The molecule has 0 spiro atoms. The number of likely N-dealkylation sites (tertiary alicyclic amines) is 1. The largest absolute Gasteiger partial charge is 0.342 e. The number of amides is 1. The Kier molecular flexibility index (Phi) is 15.8. The highest BCUT2D eigenvalue weighted by Crippen LogP contribution is 2.37. The fourth-order valence-electron chi connectivity index (χ4n) is 7.68. The summed E-state index contributed by atoms with van der Waals surface area (Å²) in [4.78, 5) is 15.0. The minimum absolute atomic E-state index is 0. The van der Waals surface area contributed by atoms with E-state index in [1.165, 1.54) is 78.3 Å². The quantitative estimate of drug-likeness (QED) is 0.298. The van der Waals surface area contributed by atoms with Crippen LogP contribution in [0.25, 0.3) is 0 Å². The van der Waals surface area contributed by atoms with E-state index >= 15 is 0 Å². The molecule has 2 fully saturated rings. The molecule has 4 unspecified atom stereocenters. The van der Waals surface area contributed by atoms with Crippen LogP contribution in [0.2, 0.25) is 0 Å². The van der Waals surface area contributed by atoms with Gasteiger partial charge in [0.05, 0.1) is 0 Å². The van der Waals surface area contributed by atoms with Crippen LogP contribution in [-0.2, 0) is 17.6 Å². The summed E-state index contributed by atoms with van der Waals surface area (Å²) in [6, 6.07) is 13.3. The van der Waals surface area contributed by atoms with Gasteiger partial charge in [0, 0.05) is 34.5 Å². The van der Waals surface area contributed by atoms with E-state index in [1.54, 1.807) is 0 Å². The Morgan fingerprint density at radius 1 is 0.809 bits per heavy atom. The van der Waals surface area contributed by atoms with Crippen molar-refractivity contribution in [2.45, 2.75) is 124 Å². The first kappa shape index (κ1) is 40.5. The maximum Gasteiger partial charge on any atom is 0.223 e. The standard InChI is InChI=1S/C21H30BrNO.C11H14BrN.C8H17N.ClH/c1-21(2,3)17-10-11-23(14-17)20(24)13-16-7-5-4-6-15-12-18(22)8-9-19(15)16;12-9-5-6-10-8(7-9)3-1-2-4-11(10)13;1-8(2,3)7-4-5-9-6-7;/h8-9,12,16-17H,4-7,10-11,13-14H2,1-3H3;5-7,11H,1-4,13H2;7,9H,4-6H2,1-3H3;1H. The number of aryl methyl sites for hydroxylation is 2. The molecule has 2 heterocycles. The monoisotopic (exact) mass is 793 g/mol. The molecular weight excluding hydrogens is 734 g/mol. The smallest absolute Gasteiger partial charge is 0.223 e. The molecule has 7 heteroatoms. The van der Waals surface area contributed by atoms with Gasteiger partial charge in [0.2, 0.25) is 5.91 Å². The maximum atomic E-state index is 12.9. The minimum atomic E-state index is 0. The summed E-state index contributed by atoms with van der Waals surface area (Å²) < 4.78 is 2.32. The molecule has 0 bridgehead atoms. The van der Waals surface area contributed by atoms with Crippen molar-refractivity contribution in [3.05, 3.63) is 67.6 Å². The number of hydrogen-bond acceptors (Lipinski definition) is 3. The van der Waals surface area contributed by atoms with Crippen molar-refractivity contribution >= 4 is 50.2 Å². The predicted octanol–water partition coefficient (Wildman–Crippen LogP) is 10.8. The van der Waals surface area contributed by atoms with Gasteiger partial charge in [-0.05, 0) is 140 Å². The molecule has 2 aromatic carbocycles. The third-order valence-electron chi connectivity index (χ3n) is 11.0. The number of nitrogens with zero attached hydrogens (tertiary/aromatic N) is 1. The fourth-order valence-corrected chi connectivity index (χ4v) is 8.49. The summed E-state index contributed by atoms with van der Waals surface area (Å²) in [5.74, 6) is 2.30. The van der Waals surface area contributed by atoms with Crippen molar-refractivity contribution in [3.8, 4) is 0 Å². The van der Waals surface area contributed by atoms with Crippen LogP contribution in [-0.4, -0.2) is 37.0 Å². The summed E-state index contributed by atoms with van der Waals surface area (Å²) >= 11 is 7.09. The van der Waals surface area contributed by atoms with E-state index in [9.17, 15) is 4.79 Å². The Bertz CT molecular complexity index is 1280. The number of carbonyl (C=O) groups excluding carboxylic acids is 1. The Morgan fingerprint density at radius 3 is 1.91 bits per heavy atom. The average Bonchev–Trinajstić information content (AvgIpc) is 3.65. The highest BCUT2D eigenvalue weighted by atomic mass is 79.9. The van der Waals surface area contributed by atoms with E-state index in [4.69, 9.17) is 5.73 Å². The van der Waals surface area contributed by atoms with Crippen LogP contribution in [0.4, 0.5) is 0 Å². The molecule has 2 saturated heterocycles. The first-order chi connectivity index (χ1) is 21.7. The third kappa shape index (κ3) is 12.1. The van der Waals surface area contributed by atoms with Gasteiger partial charge in [-0.15, -0.1) is 12.4 Å². The van der Waals surface area contributed by atoms with Gasteiger partial charge in [-0.25, -0.2) is 0 Å². The lowest BCUT2D eigenvalue weighted by atomic mass is 9.80. The average molecular weight is 796 g/mol. The summed E-state index contributed by atoms with van der Waals surface area (Å²) in [6.45, 7) is 18.2. The van der Waals surface area contributed by atoms with E-state index in [0.717, 1.165) is 49.2 Å². The van der Waals surface area contributed by atoms with Crippen LogP contribution >= 0.6 is 44.3 Å². The van der Waals surface area contributed by atoms with Crippen molar-refractivity contribution in [1.82, 2.24) is 10.2 Å². The molecular formula is C40H62Br2ClN3O. The van der Waals surface area contributed by atoms with Crippen molar-refractivity contribution in [2.75, 3.05) is 26.2 Å². The van der Waals surface area contributed by atoms with E-state index in [2.05, 4.69) is 120 Å². The minimum Gasteiger partial charge on any atom is -0.342 e. The van der Waals surface area contributed by atoms with Crippen LogP contribution in [0.1, 0.15) is 134 Å². The molecule has 2 aliphatic carbocycles. The number of fused-ring (bicyclic) bond motifs is 2. The van der Waals surface area contributed by atoms with Crippen molar-refractivity contribution in [1.29, 1.82) is 0 Å². The topological polar surface area (TPSA) is 58.4 Å². The summed E-state index contributed by atoms with van der Waals surface area (Å²) in [5, 5.41) is 3.38. The number of nitrogens with two attached hydrogens (primary N) is 1. The molecule has 0 aromatic heterocycles. The number of benzene rings is 2. The molecule has 2 aliphatic heterocycles. The normalized spacial score (nSPS) is 24.2. The van der Waals surface area contributed by atoms with Gasteiger partial charge < -0.3 is 16.0 Å². The van der Waals surface area contributed by atoms with E-state index in [1.807, 2.05) is 0 Å². The summed E-state index contributed by atoms with van der Waals surface area (Å²) in [5.41, 5.74) is 12.5. The third-order valence-corrected chi connectivity index (χ3v) is 12.0. The van der Waals surface area contributed by atoms with E-state index in [-0.39, 0.29) is 18.4 Å². The summed E-state index contributed by atoms with van der Waals surface area (Å²) in [6.07, 6.45) is 12.8. The van der Waals surface area contributed by atoms with Crippen molar-refractivity contribution < 1.29 is 4.79 Å². The second kappa shape index (κ2) is 18.4. The molecule has 264 valence electrons. The van der Waals surface area contributed by atoms with Gasteiger partial charge in [0.15, 0.2) is 0 Å². The SMILES string of the molecule is CC(C)(C)C1CCN(C(=O)CC2CCCCc3cc(Br)ccc32)C1.CC(C)(C)C1CCNC1.Cl.NC1CCCCc2cc(Br)ccc21. The second-order valence-corrected chi connectivity index (χ2v) is 18.3. The van der Waals surface area contributed by atoms with Gasteiger partial charge in [-0.1, -0.05) is 98.4 Å². The Balaban J connectivity index is 0.000000218. The van der Waals surface area contributed by atoms with Crippen LogP contribution in [0, 0.1) is 22.7 Å². The zero-order valence-electron chi connectivity index (χ0n) is 30.0. The number of nitrogens with one attached hydrogen (secondary N) is 1. The van der Waals surface area contributed by atoms with Crippen molar-refractivity contribution in [3.63, 3.8) is 0 Å². The summed E-state index contributed by atoms with van der Waals surface area (Å²) in [7, 11) is 0. The van der Waals surface area contributed by atoms with Crippen LogP contribution < -0.4 is 11.1 Å². The van der Waals surface area contributed by atoms with Crippen LogP contribution in [0.5, 0.6) is 0 Å². The van der Waals surface area contributed by atoms with Gasteiger partial charge in [0.25, 0.3) is 0 Å². The predicted molar refractivity (Wildman–Crippen MR) is 210 cm³/mol. The van der Waals surface area contributed by atoms with E-state index < -0.39 is 0 Å². The lowest BCUT2D eigenvalue weighted by molar-refractivity contribution is -0.130. The first-order valence-electron chi connectivity index (χ1n) is 18.0. The Hall–Kier alpha value is -0.920.